The second-order valence-corrected chi connectivity index (χ2v) is 6.49. The van der Waals surface area contributed by atoms with Crippen molar-refractivity contribution in [3.63, 3.8) is 0 Å². The monoisotopic (exact) mass is 380 g/mol. The lowest BCUT2D eigenvalue weighted by Gasteiger charge is -2.21. The molecule has 0 radical (unpaired) electrons. The minimum Gasteiger partial charge on any atom is -0.507 e. The van der Waals surface area contributed by atoms with E-state index in [2.05, 4.69) is 4.90 Å². The molecule has 28 heavy (non-hydrogen) atoms. The van der Waals surface area contributed by atoms with Gasteiger partial charge in [0.15, 0.2) is 0 Å². The molecule has 0 saturated carbocycles. The van der Waals surface area contributed by atoms with Crippen LogP contribution in [0.5, 0.6) is 11.5 Å². The molecule has 6 heteroatoms. The molecule has 0 aliphatic rings. The van der Waals surface area contributed by atoms with E-state index in [1.54, 1.807) is 24.3 Å². The third-order valence-electron chi connectivity index (χ3n) is 4.92. The summed E-state index contributed by atoms with van der Waals surface area (Å²) < 4.78 is 5.40. The molecule has 0 atom stereocenters. The number of phenolic OH excluding ortho intramolecular Hbond substituents is 2. The number of rotatable bonds is 6. The van der Waals surface area contributed by atoms with Crippen molar-refractivity contribution in [2.75, 3.05) is 13.1 Å². The largest absolute Gasteiger partial charge is 0.507 e. The maximum absolute atomic E-state index is 12.5. The lowest BCUT2D eigenvalue weighted by Crippen LogP contribution is -2.22. The highest BCUT2D eigenvalue weighted by atomic mass is 16.4. The summed E-state index contributed by atoms with van der Waals surface area (Å²) in [5.41, 5.74) is 7.11. The Morgan fingerprint density at radius 3 is 2.50 bits per heavy atom. The molecule has 0 unspecified atom stereocenters. The van der Waals surface area contributed by atoms with Crippen molar-refractivity contribution in [1.82, 2.24) is 4.90 Å². The van der Waals surface area contributed by atoms with Crippen molar-refractivity contribution in [3.05, 3.63) is 75.8 Å². The van der Waals surface area contributed by atoms with Gasteiger partial charge in [-0.15, -0.1) is 0 Å². The van der Waals surface area contributed by atoms with Crippen molar-refractivity contribution in [2.24, 2.45) is 5.73 Å². The van der Waals surface area contributed by atoms with Gasteiger partial charge in [-0.05, 0) is 37.4 Å². The summed E-state index contributed by atoms with van der Waals surface area (Å²) in [5.74, 6) is -0.105. The standard InChI is InChI=1S/C22H24N2O4/c1-3-24(4-2)13-18-19(25)10-9-15(21(18)26)17(12-23)16-11-14-7-5-6-8-20(14)28-22(16)27/h5-12,25-26H,3-4,13,23H2,1-2H3/b17-12+. The van der Waals surface area contributed by atoms with E-state index in [1.807, 2.05) is 26.0 Å². The number of aromatic hydroxyl groups is 2. The van der Waals surface area contributed by atoms with E-state index in [-0.39, 0.29) is 17.1 Å². The Labute approximate surface area is 163 Å². The second kappa shape index (κ2) is 8.19. The lowest BCUT2D eigenvalue weighted by atomic mass is 9.95. The predicted octanol–water partition coefficient (Wildman–Crippen LogP) is 3.39. The smallest absolute Gasteiger partial charge is 0.344 e. The fourth-order valence-corrected chi connectivity index (χ4v) is 3.24. The van der Waals surface area contributed by atoms with Crippen LogP contribution in [0.15, 0.2) is 57.9 Å². The first-order chi connectivity index (χ1) is 13.5. The average molecular weight is 380 g/mol. The summed E-state index contributed by atoms with van der Waals surface area (Å²) in [7, 11) is 0. The van der Waals surface area contributed by atoms with Crippen LogP contribution < -0.4 is 11.4 Å². The van der Waals surface area contributed by atoms with Gasteiger partial charge < -0.3 is 20.4 Å². The van der Waals surface area contributed by atoms with Gasteiger partial charge in [0.1, 0.15) is 17.1 Å². The zero-order valence-corrected chi connectivity index (χ0v) is 16.0. The normalized spacial score (nSPS) is 12.0. The number of nitrogens with zero attached hydrogens (tertiary/aromatic N) is 1. The minimum atomic E-state index is -0.548. The van der Waals surface area contributed by atoms with Gasteiger partial charge in [-0.3, -0.25) is 4.90 Å². The topological polar surface area (TPSA) is 99.9 Å². The fourth-order valence-electron chi connectivity index (χ4n) is 3.24. The summed E-state index contributed by atoms with van der Waals surface area (Å²) in [6.07, 6.45) is 1.27. The van der Waals surface area contributed by atoms with Gasteiger partial charge in [-0.1, -0.05) is 32.0 Å². The summed E-state index contributed by atoms with van der Waals surface area (Å²) >= 11 is 0. The van der Waals surface area contributed by atoms with Crippen molar-refractivity contribution in [1.29, 1.82) is 0 Å². The van der Waals surface area contributed by atoms with Gasteiger partial charge in [0, 0.05) is 29.3 Å². The summed E-state index contributed by atoms with van der Waals surface area (Å²) in [5, 5.41) is 21.9. The number of phenols is 2. The molecule has 0 amide bonds. The first-order valence-electron chi connectivity index (χ1n) is 9.21. The number of nitrogens with two attached hydrogens (primary N) is 1. The van der Waals surface area contributed by atoms with Crippen molar-refractivity contribution in [3.8, 4) is 11.5 Å². The molecule has 6 nitrogen and oxygen atoms in total. The van der Waals surface area contributed by atoms with Crippen LogP contribution >= 0.6 is 0 Å². The molecule has 2 aromatic carbocycles. The molecule has 3 aromatic rings. The molecule has 1 aromatic heterocycles. The first kappa shape index (κ1) is 19.5. The summed E-state index contributed by atoms with van der Waals surface area (Å²) in [6.45, 7) is 5.93. The Hall–Kier alpha value is -3.25. The average Bonchev–Trinajstić information content (AvgIpc) is 2.70. The molecular formula is C22H24N2O4. The molecule has 0 saturated heterocycles. The highest BCUT2D eigenvalue weighted by Gasteiger charge is 2.20. The van der Waals surface area contributed by atoms with Crippen LogP contribution in [0.4, 0.5) is 0 Å². The third-order valence-corrected chi connectivity index (χ3v) is 4.92. The fraction of sp³-hybridized carbons (Fsp3) is 0.227. The molecule has 0 bridgehead atoms. The van der Waals surface area contributed by atoms with Gasteiger partial charge in [-0.2, -0.15) is 0 Å². The van der Waals surface area contributed by atoms with E-state index in [0.717, 1.165) is 18.5 Å². The number of benzene rings is 2. The van der Waals surface area contributed by atoms with Gasteiger partial charge in [0.25, 0.3) is 0 Å². The van der Waals surface area contributed by atoms with Crippen molar-refractivity contribution < 1.29 is 14.6 Å². The maximum atomic E-state index is 12.5. The number of hydrogen-bond donors (Lipinski definition) is 3. The molecule has 0 aliphatic carbocycles. The SMILES string of the molecule is CCN(CC)Cc1c(O)ccc(/C(=C\N)c2cc3ccccc3oc2=O)c1O. The maximum Gasteiger partial charge on any atom is 0.344 e. The Morgan fingerprint density at radius 1 is 1.11 bits per heavy atom. The van der Waals surface area contributed by atoms with E-state index >= 15 is 0 Å². The molecule has 0 fully saturated rings. The van der Waals surface area contributed by atoms with Crippen LogP contribution in [0.1, 0.15) is 30.5 Å². The highest BCUT2D eigenvalue weighted by Crippen LogP contribution is 2.37. The second-order valence-electron chi connectivity index (χ2n) is 6.49. The van der Waals surface area contributed by atoms with Gasteiger partial charge >= 0.3 is 5.63 Å². The van der Waals surface area contributed by atoms with Crippen LogP contribution in [0.3, 0.4) is 0 Å². The number of fused-ring (bicyclic) bond motifs is 1. The zero-order chi connectivity index (χ0) is 20.3. The lowest BCUT2D eigenvalue weighted by molar-refractivity contribution is 0.285. The van der Waals surface area contributed by atoms with Crippen molar-refractivity contribution in [2.45, 2.75) is 20.4 Å². The van der Waals surface area contributed by atoms with Gasteiger partial charge in [0.05, 0.1) is 11.1 Å². The van der Waals surface area contributed by atoms with E-state index < -0.39 is 5.63 Å². The van der Waals surface area contributed by atoms with Crippen LogP contribution in [-0.4, -0.2) is 28.2 Å². The van der Waals surface area contributed by atoms with E-state index in [1.165, 1.54) is 12.3 Å². The molecular weight excluding hydrogens is 356 g/mol. The van der Waals surface area contributed by atoms with E-state index in [9.17, 15) is 15.0 Å². The van der Waals surface area contributed by atoms with Crippen LogP contribution in [0.2, 0.25) is 0 Å². The molecule has 4 N–H and O–H groups in total. The van der Waals surface area contributed by atoms with Crippen LogP contribution in [0, 0.1) is 0 Å². The van der Waals surface area contributed by atoms with Gasteiger partial charge in [0.2, 0.25) is 0 Å². The Balaban J connectivity index is 2.14. The van der Waals surface area contributed by atoms with Gasteiger partial charge in [-0.25, -0.2) is 4.79 Å². The molecule has 3 rings (SSSR count). The molecule has 146 valence electrons. The summed E-state index contributed by atoms with van der Waals surface area (Å²) in [4.78, 5) is 14.6. The first-order valence-corrected chi connectivity index (χ1v) is 9.21. The third kappa shape index (κ3) is 3.59. The Bertz CT molecular complexity index is 1080. The Morgan fingerprint density at radius 2 is 1.82 bits per heavy atom. The predicted molar refractivity (Wildman–Crippen MR) is 110 cm³/mol. The zero-order valence-electron chi connectivity index (χ0n) is 16.0. The van der Waals surface area contributed by atoms with E-state index in [4.69, 9.17) is 10.2 Å². The van der Waals surface area contributed by atoms with Crippen LogP contribution in [0.25, 0.3) is 16.5 Å². The van der Waals surface area contributed by atoms with Crippen LogP contribution in [-0.2, 0) is 6.54 Å². The number of hydrogen-bond acceptors (Lipinski definition) is 6. The number of para-hydroxylation sites is 1. The molecule has 0 spiro atoms. The quantitative estimate of drug-likeness (QED) is 0.567. The Kier molecular flexibility index (Phi) is 5.70. The van der Waals surface area contributed by atoms with E-state index in [0.29, 0.717) is 28.8 Å². The highest BCUT2D eigenvalue weighted by molar-refractivity contribution is 5.87. The molecule has 0 aliphatic heterocycles. The molecule has 1 heterocycles. The van der Waals surface area contributed by atoms with Crippen molar-refractivity contribution >= 4 is 16.5 Å². The summed E-state index contributed by atoms with van der Waals surface area (Å²) in [6, 6.07) is 11.9. The minimum absolute atomic E-state index is 0.00457.